The van der Waals surface area contributed by atoms with Gasteiger partial charge in [-0.15, -0.1) is 0 Å². The van der Waals surface area contributed by atoms with Crippen molar-refractivity contribution in [1.82, 2.24) is 4.90 Å². The molecule has 0 saturated carbocycles. The van der Waals surface area contributed by atoms with E-state index in [9.17, 15) is 9.59 Å². The summed E-state index contributed by atoms with van der Waals surface area (Å²) in [6.45, 7) is 9.01. The number of likely N-dealkylation sites (tertiary alicyclic amines) is 1. The summed E-state index contributed by atoms with van der Waals surface area (Å²) in [5, 5.41) is 3.63. The summed E-state index contributed by atoms with van der Waals surface area (Å²) in [5.41, 5.74) is 3.34. The van der Waals surface area contributed by atoms with Crippen molar-refractivity contribution in [3.05, 3.63) is 88.5 Å². The van der Waals surface area contributed by atoms with Crippen LogP contribution < -0.4 is 5.32 Å². The highest BCUT2D eigenvalue weighted by molar-refractivity contribution is 6.34. The molecule has 2 aliphatic rings. The van der Waals surface area contributed by atoms with Crippen LogP contribution in [0.3, 0.4) is 0 Å². The number of benzene rings is 2. The third-order valence-electron chi connectivity index (χ3n) is 7.17. The Hall–Kier alpha value is -2.85. The van der Waals surface area contributed by atoms with Gasteiger partial charge in [0, 0.05) is 18.2 Å². The number of piperidine rings is 1. The average Bonchev–Trinajstić information content (AvgIpc) is 2.83. The number of rotatable bonds is 4. The summed E-state index contributed by atoms with van der Waals surface area (Å²) in [5.74, 6) is -0.357. The fourth-order valence-corrected chi connectivity index (χ4v) is 5.57. The monoisotopic (exact) mass is 490 g/mol. The van der Waals surface area contributed by atoms with E-state index in [2.05, 4.69) is 50.4 Å². The predicted molar refractivity (Wildman–Crippen MR) is 144 cm³/mol. The summed E-state index contributed by atoms with van der Waals surface area (Å²) < 4.78 is 0. The van der Waals surface area contributed by atoms with E-state index in [0.29, 0.717) is 17.1 Å². The molecule has 1 fully saturated rings. The van der Waals surface area contributed by atoms with Gasteiger partial charge in [0.15, 0.2) is 0 Å². The zero-order valence-corrected chi connectivity index (χ0v) is 21.8. The van der Waals surface area contributed by atoms with Crippen molar-refractivity contribution in [2.24, 2.45) is 11.8 Å². The van der Waals surface area contributed by atoms with Gasteiger partial charge < -0.3 is 10.2 Å². The predicted octanol–water partition coefficient (Wildman–Crippen LogP) is 6.94. The first kappa shape index (κ1) is 25.2. The first-order valence-electron chi connectivity index (χ1n) is 12.5. The molecule has 3 atom stereocenters. The van der Waals surface area contributed by atoms with E-state index in [1.807, 2.05) is 48.2 Å². The fourth-order valence-electron chi connectivity index (χ4n) is 5.27. The van der Waals surface area contributed by atoms with Crippen LogP contribution in [0.4, 0.5) is 5.69 Å². The Balaban J connectivity index is 1.65. The molecular formula is C30H35ClN2O2. The summed E-state index contributed by atoms with van der Waals surface area (Å²) in [6, 6.07) is 13.4. The van der Waals surface area contributed by atoms with E-state index in [1.54, 1.807) is 6.07 Å². The standard InChI is InChI=1S/C30H35ClN2O2/c1-20-11-8-17-25(31)26(20)29(35)33-18-10-16-24(27(33)21-12-6-5-7-13-21)28(34)32-23-15-9-14-22(19-23)30(2,3)4/h5-9,11-12,14-15,17,19,21,24,27H,10,13,16,18H2,1-4H3,(H,32,34)/t21?,24-,27-/m0/s1. The second kappa shape index (κ2) is 10.4. The summed E-state index contributed by atoms with van der Waals surface area (Å²) >= 11 is 6.48. The molecule has 2 aromatic carbocycles. The first-order valence-corrected chi connectivity index (χ1v) is 12.9. The van der Waals surface area contributed by atoms with Gasteiger partial charge in [-0.3, -0.25) is 9.59 Å². The fraction of sp³-hybridized carbons (Fsp3) is 0.400. The summed E-state index contributed by atoms with van der Waals surface area (Å²) in [6.07, 6.45) is 10.6. The molecule has 1 aliphatic carbocycles. The van der Waals surface area contributed by atoms with Crippen LogP contribution in [0.1, 0.15) is 61.5 Å². The van der Waals surface area contributed by atoms with Gasteiger partial charge in [0.1, 0.15) is 0 Å². The second-order valence-corrected chi connectivity index (χ2v) is 11.1. The number of hydrogen-bond acceptors (Lipinski definition) is 2. The number of nitrogens with one attached hydrogen (secondary N) is 1. The number of aryl methyl sites for hydroxylation is 1. The van der Waals surface area contributed by atoms with Crippen molar-refractivity contribution in [1.29, 1.82) is 0 Å². The van der Waals surface area contributed by atoms with Gasteiger partial charge in [0.05, 0.1) is 22.5 Å². The molecule has 0 aromatic heterocycles. The lowest BCUT2D eigenvalue weighted by atomic mass is 9.77. The largest absolute Gasteiger partial charge is 0.334 e. The summed E-state index contributed by atoms with van der Waals surface area (Å²) in [7, 11) is 0. The lowest BCUT2D eigenvalue weighted by molar-refractivity contribution is -0.123. The Morgan fingerprint density at radius 2 is 1.86 bits per heavy atom. The molecule has 0 spiro atoms. The van der Waals surface area contributed by atoms with Crippen molar-refractivity contribution >= 4 is 29.1 Å². The van der Waals surface area contributed by atoms with Gasteiger partial charge in [-0.1, -0.05) is 80.9 Å². The number of hydrogen-bond donors (Lipinski definition) is 1. The van der Waals surface area contributed by atoms with Crippen LogP contribution in [-0.2, 0) is 10.2 Å². The summed E-state index contributed by atoms with van der Waals surface area (Å²) in [4.78, 5) is 29.5. The molecule has 5 heteroatoms. The van der Waals surface area contributed by atoms with Crippen molar-refractivity contribution in [3.63, 3.8) is 0 Å². The molecule has 0 bridgehead atoms. The van der Waals surface area contributed by atoms with Crippen LogP contribution in [0, 0.1) is 18.8 Å². The van der Waals surface area contributed by atoms with Crippen LogP contribution >= 0.6 is 11.6 Å². The number of halogens is 1. The molecule has 184 valence electrons. The second-order valence-electron chi connectivity index (χ2n) is 10.7. The van der Waals surface area contributed by atoms with E-state index < -0.39 is 0 Å². The van der Waals surface area contributed by atoms with Crippen molar-refractivity contribution in [2.45, 2.75) is 58.4 Å². The van der Waals surface area contributed by atoms with E-state index in [1.165, 1.54) is 5.56 Å². The third kappa shape index (κ3) is 5.54. The highest BCUT2D eigenvalue weighted by Gasteiger charge is 2.42. The third-order valence-corrected chi connectivity index (χ3v) is 7.48. The minimum Gasteiger partial charge on any atom is -0.334 e. The molecule has 1 saturated heterocycles. The average molecular weight is 491 g/mol. The lowest BCUT2D eigenvalue weighted by Gasteiger charge is -2.44. The Bertz CT molecular complexity index is 1140. The number of nitrogens with zero attached hydrogens (tertiary/aromatic N) is 1. The molecule has 35 heavy (non-hydrogen) atoms. The highest BCUT2D eigenvalue weighted by atomic mass is 35.5. The minimum atomic E-state index is -0.310. The van der Waals surface area contributed by atoms with E-state index >= 15 is 0 Å². The van der Waals surface area contributed by atoms with E-state index in [-0.39, 0.29) is 35.1 Å². The molecule has 2 amide bonds. The van der Waals surface area contributed by atoms with Gasteiger partial charge in [0.2, 0.25) is 5.91 Å². The van der Waals surface area contributed by atoms with Crippen LogP contribution in [0.25, 0.3) is 0 Å². The van der Waals surface area contributed by atoms with Gasteiger partial charge >= 0.3 is 0 Å². The van der Waals surface area contributed by atoms with Crippen LogP contribution in [-0.4, -0.2) is 29.3 Å². The molecule has 4 rings (SSSR count). The highest BCUT2D eigenvalue weighted by Crippen LogP contribution is 2.36. The Labute approximate surface area is 214 Å². The maximum absolute atomic E-state index is 13.8. The van der Waals surface area contributed by atoms with Crippen LogP contribution in [0.2, 0.25) is 5.02 Å². The van der Waals surface area contributed by atoms with E-state index in [4.69, 9.17) is 11.6 Å². The minimum absolute atomic E-state index is 0.0105. The first-order chi connectivity index (χ1) is 16.7. The van der Waals surface area contributed by atoms with Gasteiger partial charge in [-0.25, -0.2) is 0 Å². The zero-order valence-electron chi connectivity index (χ0n) is 21.1. The van der Waals surface area contributed by atoms with E-state index in [0.717, 1.165) is 30.5 Å². The van der Waals surface area contributed by atoms with Crippen molar-refractivity contribution in [2.75, 3.05) is 11.9 Å². The quantitative estimate of drug-likeness (QED) is 0.504. The maximum atomic E-state index is 13.8. The van der Waals surface area contributed by atoms with Gasteiger partial charge in [-0.2, -0.15) is 0 Å². The Morgan fingerprint density at radius 1 is 1.09 bits per heavy atom. The topological polar surface area (TPSA) is 49.4 Å². The number of carbonyl (C=O) groups is 2. The van der Waals surface area contributed by atoms with Crippen molar-refractivity contribution < 1.29 is 9.59 Å². The van der Waals surface area contributed by atoms with Gasteiger partial charge in [-0.05, 0) is 60.9 Å². The Morgan fingerprint density at radius 3 is 2.54 bits per heavy atom. The molecule has 4 nitrogen and oxygen atoms in total. The van der Waals surface area contributed by atoms with Crippen LogP contribution in [0.15, 0.2) is 66.8 Å². The Kier molecular flexibility index (Phi) is 7.51. The SMILES string of the molecule is Cc1cccc(Cl)c1C(=O)N1CCC[C@H](C(=O)Nc2cccc(C(C)(C)C)c2)[C@@H]1C1C=CC=CC1. The van der Waals surface area contributed by atoms with Crippen molar-refractivity contribution in [3.8, 4) is 0 Å². The number of amides is 2. The smallest absolute Gasteiger partial charge is 0.255 e. The zero-order chi connectivity index (χ0) is 25.2. The molecule has 1 N–H and O–H groups in total. The number of anilines is 1. The molecular weight excluding hydrogens is 456 g/mol. The van der Waals surface area contributed by atoms with Gasteiger partial charge in [0.25, 0.3) is 5.91 Å². The maximum Gasteiger partial charge on any atom is 0.255 e. The molecule has 1 aliphatic heterocycles. The molecule has 0 radical (unpaired) electrons. The molecule has 1 unspecified atom stereocenters. The molecule has 1 heterocycles. The number of allylic oxidation sites excluding steroid dienone is 3. The lowest BCUT2D eigenvalue weighted by Crippen LogP contribution is -2.55. The molecule has 2 aromatic rings. The van der Waals surface area contributed by atoms with Crippen LogP contribution in [0.5, 0.6) is 0 Å². The number of carbonyl (C=O) groups excluding carboxylic acids is 2. The normalized spacial score (nSPS) is 22.2.